The maximum absolute atomic E-state index is 5.88. The van der Waals surface area contributed by atoms with Crippen LogP contribution in [-0.2, 0) is 0 Å². The molecule has 0 saturated heterocycles. The van der Waals surface area contributed by atoms with Crippen molar-refractivity contribution in [3.63, 3.8) is 0 Å². The second-order valence-corrected chi connectivity index (χ2v) is 3.76. The zero-order valence-corrected chi connectivity index (χ0v) is 8.73. The molecule has 0 radical (unpaired) electrons. The number of aryl methyl sites for hydroxylation is 1. The third-order valence-electron chi connectivity index (χ3n) is 1.71. The number of halogens is 1. The summed E-state index contributed by atoms with van der Waals surface area (Å²) in [5.74, 6) is 0. The minimum absolute atomic E-state index is 0.0483. The van der Waals surface area contributed by atoms with Crippen molar-refractivity contribution in [2.45, 2.75) is 19.2 Å². The number of allylic oxidation sites excluding steroid dienone is 1. The molecule has 1 N–H and O–H groups in total. The molecule has 1 aromatic rings. The summed E-state index contributed by atoms with van der Waals surface area (Å²) < 4.78 is 0. The molecule has 1 aromatic heterocycles. The number of rotatable bonds is 2. The molecule has 1 rings (SSSR count). The Morgan fingerprint density at radius 1 is 1.62 bits per heavy atom. The Kier molecular flexibility index (Phi) is 3.38. The van der Waals surface area contributed by atoms with E-state index in [1.807, 2.05) is 26.0 Å². The Bertz CT molecular complexity index is 398. The molecule has 0 aliphatic heterocycles. The van der Waals surface area contributed by atoms with E-state index in [-0.39, 0.29) is 5.38 Å². The lowest BCUT2D eigenvalue weighted by Crippen LogP contribution is -2.22. The molecule has 1 heterocycles. The lowest BCUT2D eigenvalue weighted by molar-refractivity contribution is 1.21. The fourth-order valence-corrected chi connectivity index (χ4v) is 1.41. The molecule has 1 atom stereocenters. The van der Waals surface area contributed by atoms with Crippen molar-refractivity contribution in [1.29, 1.82) is 0 Å². The van der Waals surface area contributed by atoms with E-state index in [1.54, 1.807) is 6.08 Å². The van der Waals surface area contributed by atoms with Gasteiger partial charge in [0, 0.05) is 16.4 Å². The van der Waals surface area contributed by atoms with E-state index in [0.717, 1.165) is 16.3 Å². The third-order valence-corrected chi connectivity index (χ3v) is 1.83. The van der Waals surface area contributed by atoms with Gasteiger partial charge in [-0.05, 0) is 31.2 Å². The van der Waals surface area contributed by atoms with E-state index in [9.17, 15) is 0 Å². The van der Waals surface area contributed by atoms with Crippen LogP contribution in [0.2, 0.25) is 0 Å². The normalized spacial score (nSPS) is 16.2. The number of alkyl halides is 1. The standard InChI is InChI=1S/C11H14ClN/c1-4-5-11-10(6-8(2)12)7-9(3)13-11/h4-8,13H,1H2,2-3H3/b10-6-,11-5+. The molecule has 0 spiro atoms. The first kappa shape index (κ1) is 10.1. The van der Waals surface area contributed by atoms with Crippen LogP contribution in [-0.4, -0.2) is 10.4 Å². The van der Waals surface area contributed by atoms with Gasteiger partial charge in [0.15, 0.2) is 0 Å². The highest BCUT2D eigenvalue weighted by Gasteiger charge is 1.93. The van der Waals surface area contributed by atoms with Gasteiger partial charge in [0.05, 0.1) is 0 Å². The minimum Gasteiger partial charge on any atom is -0.359 e. The molecule has 0 saturated carbocycles. The van der Waals surface area contributed by atoms with E-state index in [4.69, 9.17) is 11.6 Å². The Morgan fingerprint density at radius 2 is 2.31 bits per heavy atom. The number of aromatic amines is 1. The molecule has 1 unspecified atom stereocenters. The van der Waals surface area contributed by atoms with Crippen LogP contribution in [0.1, 0.15) is 12.6 Å². The summed E-state index contributed by atoms with van der Waals surface area (Å²) in [6, 6.07) is 2.08. The zero-order valence-electron chi connectivity index (χ0n) is 7.97. The Hall–Kier alpha value is -0.950. The fourth-order valence-electron chi connectivity index (χ4n) is 1.27. The number of nitrogens with one attached hydrogen (secondary N) is 1. The molecule has 0 amide bonds. The van der Waals surface area contributed by atoms with Crippen molar-refractivity contribution in [2.24, 2.45) is 0 Å². The smallest absolute Gasteiger partial charge is 0.0497 e. The third kappa shape index (κ3) is 2.78. The summed E-state index contributed by atoms with van der Waals surface area (Å²) in [6.07, 6.45) is 5.72. The Labute approximate surface area is 83.4 Å². The van der Waals surface area contributed by atoms with Crippen LogP contribution in [0.3, 0.4) is 0 Å². The quantitative estimate of drug-likeness (QED) is 0.692. The van der Waals surface area contributed by atoms with Crippen LogP contribution in [0.25, 0.3) is 12.2 Å². The summed E-state index contributed by atoms with van der Waals surface area (Å²) in [5.41, 5.74) is 1.14. The summed E-state index contributed by atoms with van der Waals surface area (Å²) in [6.45, 7) is 7.63. The summed E-state index contributed by atoms with van der Waals surface area (Å²) >= 11 is 5.88. The highest BCUT2D eigenvalue weighted by molar-refractivity contribution is 6.23. The zero-order chi connectivity index (χ0) is 9.84. The van der Waals surface area contributed by atoms with Crippen molar-refractivity contribution in [1.82, 2.24) is 4.98 Å². The van der Waals surface area contributed by atoms with Gasteiger partial charge in [-0.25, -0.2) is 0 Å². The van der Waals surface area contributed by atoms with Crippen LogP contribution >= 0.6 is 11.6 Å². The number of H-pyrrole nitrogens is 1. The second-order valence-electron chi connectivity index (χ2n) is 3.07. The van der Waals surface area contributed by atoms with E-state index >= 15 is 0 Å². The molecule has 0 aliphatic rings. The molecule has 0 aromatic carbocycles. The summed E-state index contributed by atoms with van der Waals surface area (Å²) in [4.78, 5) is 3.23. The monoisotopic (exact) mass is 195 g/mol. The van der Waals surface area contributed by atoms with Gasteiger partial charge in [0.25, 0.3) is 0 Å². The van der Waals surface area contributed by atoms with Gasteiger partial charge in [-0.2, -0.15) is 0 Å². The maximum Gasteiger partial charge on any atom is 0.0497 e. The van der Waals surface area contributed by atoms with Gasteiger partial charge < -0.3 is 4.98 Å². The number of hydrogen-bond acceptors (Lipinski definition) is 0. The lowest BCUT2D eigenvalue weighted by atomic mass is 10.3. The molecular formula is C11H14ClN. The minimum atomic E-state index is 0.0483. The number of aromatic nitrogens is 1. The van der Waals surface area contributed by atoms with E-state index in [2.05, 4.69) is 17.6 Å². The van der Waals surface area contributed by atoms with Gasteiger partial charge in [-0.1, -0.05) is 18.7 Å². The van der Waals surface area contributed by atoms with Crippen LogP contribution in [0.4, 0.5) is 0 Å². The molecule has 70 valence electrons. The van der Waals surface area contributed by atoms with E-state index in [1.165, 1.54) is 0 Å². The van der Waals surface area contributed by atoms with Crippen molar-refractivity contribution in [2.75, 3.05) is 0 Å². The van der Waals surface area contributed by atoms with Gasteiger partial charge in [0.2, 0.25) is 0 Å². The molecule has 13 heavy (non-hydrogen) atoms. The first-order valence-corrected chi connectivity index (χ1v) is 4.71. The Balaban J connectivity index is 3.36. The first-order valence-electron chi connectivity index (χ1n) is 4.28. The molecule has 0 bridgehead atoms. The van der Waals surface area contributed by atoms with E-state index in [0.29, 0.717) is 0 Å². The van der Waals surface area contributed by atoms with Gasteiger partial charge in [-0.15, -0.1) is 11.6 Å². The summed E-state index contributed by atoms with van der Waals surface area (Å²) in [7, 11) is 0. The molecular weight excluding hydrogens is 182 g/mol. The largest absolute Gasteiger partial charge is 0.359 e. The predicted octanol–water partition coefficient (Wildman–Crippen LogP) is 1.70. The van der Waals surface area contributed by atoms with Gasteiger partial charge in [-0.3, -0.25) is 0 Å². The van der Waals surface area contributed by atoms with Crippen LogP contribution in [0, 0.1) is 6.92 Å². The Morgan fingerprint density at radius 3 is 2.85 bits per heavy atom. The first-order chi connectivity index (χ1) is 6.13. The van der Waals surface area contributed by atoms with Crippen molar-refractivity contribution in [3.8, 4) is 0 Å². The highest BCUT2D eigenvalue weighted by Crippen LogP contribution is 1.93. The topological polar surface area (TPSA) is 15.8 Å². The lowest BCUT2D eigenvalue weighted by Gasteiger charge is -1.87. The fraction of sp³-hybridized carbons (Fsp3) is 0.273. The van der Waals surface area contributed by atoms with Gasteiger partial charge >= 0.3 is 0 Å². The van der Waals surface area contributed by atoms with Crippen LogP contribution in [0.15, 0.2) is 18.7 Å². The molecule has 0 fully saturated rings. The molecule has 2 heteroatoms. The number of hydrogen-bond donors (Lipinski definition) is 1. The highest BCUT2D eigenvalue weighted by atomic mass is 35.5. The second kappa shape index (κ2) is 4.33. The maximum atomic E-state index is 5.88. The van der Waals surface area contributed by atoms with Crippen molar-refractivity contribution >= 4 is 23.8 Å². The van der Waals surface area contributed by atoms with E-state index < -0.39 is 0 Å². The average molecular weight is 196 g/mol. The van der Waals surface area contributed by atoms with Crippen molar-refractivity contribution < 1.29 is 0 Å². The van der Waals surface area contributed by atoms with Crippen LogP contribution in [0.5, 0.6) is 0 Å². The SMILES string of the molecule is C=C/C=c1/[nH]c(C)c/c1=C/C(C)Cl. The summed E-state index contributed by atoms with van der Waals surface area (Å²) in [5, 5.41) is 2.26. The van der Waals surface area contributed by atoms with Crippen molar-refractivity contribution in [3.05, 3.63) is 35.0 Å². The van der Waals surface area contributed by atoms with Gasteiger partial charge in [0.1, 0.15) is 0 Å². The average Bonchev–Trinajstić information content (AvgIpc) is 2.31. The molecule has 1 nitrogen and oxygen atoms in total. The molecule has 0 aliphatic carbocycles. The van der Waals surface area contributed by atoms with Crippen LogP contribution < -0.4 is 10.6 Å². The predicted molar refractivity (Wildman–Crippen MR) is 59.2 cm³/mol.